The van der Waals surface area contributed by atoms with Crippen LogP contribution in [0.4, 0.5) is 6.01 Å². The first kappa shape index (κ1) is 18.3. The van der Waals surface area contributed by atoms with Crippen molar-refractivity contribution in [2.75, 3.05) is 5.32 Å². The van der Waals surface area contributed by atoms with Crippen LogP contribution in [-0.2, 0) is 9.84 Å². The Balaban J connectivity index is 1.80. The molecule has 0 radical (unpaired) electrons. The predicted molar refractivity (Wildman–Crippen MR) is 96.4 cm³/mol. The zero-order valence-corrected chi connectivity index (χ0v) is 16.2. The van der Waals surface area contributed by atoms with Crippen molar-refractivity contribution in [2.45, 2.75) is 24.0 Å². The Morgan fingerprint density at radius 2 is 1.92 bits per heavy atom. The highest BCUT2D eigenvalue weighted by molar-refractivity contribution is 9.10. The number of amides is 1. The molecular weight excluding hydrogens is 426 g/mol. The molecule has 0 bridgehead atoms. The van der Waals surface area contributed by atoms with E-state index in [0.717, 1.165) is 0 Å². The molecule has 8 nitrogen and oxygen atoms in total. The van der Waals surface area contributed by atoms with Crippen LogP contribution in [-0.4, -0.2) is 29.8 Å². The number of carbonyl (C=O) groups is 1. The van der Waals surface area contributed by atoms with Crippen molar-refractivity contribution < 1.29 is 22.0 Å². The molecule has 0 saturated carbocycles. The van der Waals surface area contributed by atoms with E-state index in [4.69, 9.17) is 8.83 Å². The lowest BCUT2D eigenvalue weighted by Crippen LogP contribution is -2.16. The maximum absolute atomic E-state index is 12.3. The summed E-state index contributed by atoms with van der Waals surface area (Å²) in [5.41, 5.74) is 0.159. The number of nitrogens with zero attached hydrogens (tertiary/aromatic N) is 2. The highest BCUT2D eigenvalue weighted by Crippen LogP contribution is 2.25. The van der Waals surface area contributed by atoms with E-state index in [1.807, 2.05) is 0 Å². The standard InChI is InChI=1S/C16H14BrN3O5S/c1-9(2)26(22,23)11-5-3-4-10(8-11)14(21)18-16-20-19-15(25-16)12-6-7-13(17)24-12/h3-9H,1-2H3,(H,18,20,21). The van der Waals surface area contributed by atoms with Gasteiger partial charge in [0.25, 0.3) is 11.8 Å². The van der Waals surface area contributed by atoms with Gasteiger partial charge in [0.2, 0.25) is 0 Å². The summed E-state index contributed by atoms with van der Waals surface area (Å²) in [6.45, 7) is 3.16. The van der Waals surface area contributed by atoms with Crippen LogP contribution in [0, 0.1) is 0 Å². The van der Waals surface area contributed by atoms with Gasteiger partial charge in [-0.3, -0.25) is 10.1 Å². The molecule has 0 aliphatic rings. The van der Waals surface area contributed by atoms with E-state index >= 15 is 0 Å². The smallest absolute Gasteiger partial charge is 0.322 e. The van der Waals surface area contributed by atoms with Crippen LogP contribution in [0.25, 0.3) is 11.7 Å². The Morgan fingerprint density at radius 1 is 1.15 bits per heavy atom. The lowest BCUT2D eigenvalue weighted by atomic mass is 10.2. The molecule has 0 fully saturated rings. The molecule has 1 amide bonds. The van der Waals surface area contributed by atoms with Crippen LogP contribution in [0.1, 0.15) is 24.2 Å². The second-order valence-corrected chi connectivity index (χ2v) is 8.88. The Labute approximate surface area is 157 Å². The number of nitrogens with one attached hydrogen (secondary N) is 1. The lowest BCUT2D eigenvalue weighted by Gasteiger charge is -2.09. The molecule has 136 valence electrons. The molecule has 0 atom stereocenters. The van der Waals surface area contributed by atoms with Gasteiger partial charge in [-0.15, -0.1) is 5.10 Å². The molecule has 3 rings (SSSR count). The maximum atomic E-state index is 12.3. The van der Waals surface area contributed by atoms with Crippen molar-refractivity contribution in [3.8, 4) is 11.7 Å². The summed E-state index contributed by atoms with van der Waals surface area (Å²) < 4.78 is 35.6. The minimum atomic E-state index is -3.48. The number of sulfone groups is 1. The first-order valence-corrected chi connectivity index (χ1v) is 9.86. The number of anilines is 1. The zero-order valence-electron chi connectivity index (χ0n) is 13.8. The SMILES string of the molecule is CC(C)S(=O)(=O)c1cccc(C(=O)Nc2nnc(-c3ccc(Br)o3)o2)c1. The summed E-state index contributed by atoms with van der Waals surface area (Å²) in [5.74, 6) is -0.126. The van der Waals surface area contributed by atoms with E-state index in [2.05, 4.69) is 31.4 Å². The van der Waals surface area contributed by atoms with Crippen molar-refractivity contribution in [1.82, 2.24) is 10.2 Å². The third-order valence-electron chi connectivity index (χ3n) is 3.47. The number of aromatic nitrogens is 2. The van der Waals surface area contributed by atoms with Crippen LogP contribution in [0.2, 0.25) is 0 Å². The van der Waals surface area contributed by atoms with Gasteiger partial charge < -0.3 is 8.83 Å². The largest absolute Gasteiger partial charge is 0.444 e. The third kappa shape index (κ3) is 3.70. The molecule has 0 aliphatic heterocycles. The number of carbonyl (C=O) groups excluding carboxylic acids is 1. The number of rotatable bonds is 5. The van der Waals surface area contributed by atoms with Gasteiger partial charge in [-0.1, -0.05) is 11.2 Å². The van der Waals surface area contributed by atoms with E-state index in [-0.39, 0.29) is 22.4 Å². The van der Waals surface area contributed by atoms with Gasteiger partial charge in [0, 0.05) is 5.56 Å². The van der Waals surface area contributed by atoms with Crippen LogP contribution in [0.15, 0.2) is 54.8 Å². The molecule has 3 aromatic rings. The average molecular weight is 440 g/mol. The van der Waals surface area contributed by atoms with E-state index < -0.39 is 21.0 Å². The first-order valence-electron chi connectivity index (χ1n) is 7.52. The number of hydrogen-bond acceptors (Lipinski definition) is 7. The molecule has 0 unspecified atom stereocenters. The fourth-order valence-corrected chi connectivity index (χ4v) is 3.47. The van der Waals surface area contributed by atoms with Crippen molar-refractivity contribution >= 4 is 37.7 Å². The monoisotopic (exact) mass is 439 g/mol. The Bertz CT molecular complexity index is 1060. The quantitative estimate of drug-likeness (QED) is 0.645. The van der Waals surface area contributed by atoms with Crippen LogP contribution in [0.5, 0.6) is 0 Å². The minimum absolute atomic E-state index is 0.0757. The summed E-state index contributed by atoms with van der Waals surface area (Å²) in [6, 6.07) is 8.92. The number of halogens is 1. The first-order chi connectivity index (χ1) is 12.3. The van der Waals surface area contributed by atoms with Gasteiger partial charge >= 0.3 is 6.01 Å². The molecule has 0 saturated heterocycles. The summed E-state index contributed by atoms with van der Waals surface area (Å²) in [6.07, 6.45) is 0. The Kier molecular flexibility index (Phi) is 4.97. The van der Waals surface area contributed by atoms with Crippen LogP contribution < -0.4 is 5.32 Å². The average Bonchev–Trinajstić information content (AvgIpc) is 3.23. The topological polar surface area (TPSA) is 115 Å². The highest BCUT2D eigenvalue weighted by Gasteiger charge is 2.21. The summed E-state index contributed by atoms with van der Waals surface area (Å²) in [5, 5.41) is 9.35. The van der Waals surface area contributed by atoms with E-state index in [0.29, 0.717) is 10.4 Å². The van der Waals surface area contributed by atoms with Crippen molar-refractivity contribution in [3.63, 3.8) is 0 Å². The second kappa shape index (κ2) is 7.04. The second-order valence-electron chi connectivity index (χ2n) is 5.59. The van der Waals surface area contributed by atoms with Crippen molar-refractivity contribution in [2.24, 2.45) is 0 Å². The zero-order chi connectivity index (χ0) is 18.9. The lowest BCUT2D eigenvalue weighted by molar-refractivity contribution is 0.102. The summed E-state index contributed by atoms with van der Waals surface area (Å²) >= 11 is 3.16. The Hall–Kier alpha value is -2.46. The molecule has 0 spiro atoms. The molecule has 1 aromatic carbocycles. The summed E-state index contributed by atoms with van der Waals surface area (Å²) in [7, 11) is -3.48. The van der Waals surface area contributed by atoms with Crippen LogP contribution in [0.3, 0.4) is 0 Å². The number of hydrogen-bond donors (Lipinski definition) is 1. The van der Waals surface area contributed by atoms with Crippen LogP contribution >= 0.6 is 15.9 Å². The number of benzene rings is 1. The van der Waals surface area contributed by atoms with E-state index in [1.54, 1.807) is 26.0 Å². The molecule has 26 heavy (non-hydrogen) atoms. The van der Waals surface area contributed by atoms with E-state index in [1.165, 1.54) is 24.3 Å². The van der Waals surface area contributed by atoms with Gasteiger partial charge in [0.15, 0.2) is 20.3 Å². The fraction of sp³-hybridized carbons (Fsp3) is 0.188. The van der Waals surface area contributed by atoms with E-state index in [9.17, 15) is 13.2 Å². The van der Waals surface area contributed by atoms with Gasteiger partial charge in [-0.05, 0) is 60.1 Å². The minimum Gasteiger partial charge on any atom is -0.444 e. The fourth-order valence-electron chi connectivity index (χ4n) is 2.06. The molecule has 2 heterocycles. The molecule has 1 N–H and O–H groups in total. The third-order valence-corrected chi connectivity index (χ3v) is 6.05. The molecule has 2 aromatic heterocycles. The predicted octanol–water partition coefficient (Wildman–Crippen LogP) is 3.53. The van der Waals surface area contributed by atoms with Gasteiger partial charge in [0.1, 0.15) is 0 Å². The molecule has 10 heteroatoms. The highest BCUT2D eigenvalue weighted by atomic mass is 79.9. The maximum Gasteiger partial charge on any atom is 0.322 e. The summed E-state index contributed by atoms with van der Waals surface area (Å²) in [4.78, 5) is 12.4. The number of furan rings is 1. The van der Waals surface area contributed by atoms with Gasteiger partial charge in [-0.25, -0.2) is 8.42 Å². The normalized spacial score (nSPS) is 11.7. The molecule has 0 aliphatic carbocycles. The van der Waals surface area contributed by atoms with Crippen molar-refractivity contribution in [3.05, 3.63) is 46.6 Å². The van der Waals surface area contributed by atoms with Crippen molar-refractivity contribution in [1.29, 1.82) is 0 Å². The van der Waals surface area contributed by atoms with Gasteiger partial charge in [-0.2, -0.15) is 0 Å². The molecular formula is C16H14BrN3O5S. The Morgan fingerprint density at radius 3 is 2.58 bits per heavy atom. The van der Waals surface area contributed by atoms with Gasteiger partial charge in [0.05, 0.1) is 10.1 Å².